The number of carbonyl (C=O) groups is 1. The number of furan rings is 1. The van der Waals surface area contributed by atoms with Gasteiger partial charge in [-0.2, -0.15) is 10.2 Å². The fourth-order valence-electron chi connectivity index (χ4n) is 2.45. The summed E-state index contributed by atoms with van der Waals surface area (Å²) < 4.78 is 6.65. The second-order valence-corrected chi connectivity index (χ2v) is 5.89. The van der Waals surface area contributed by atoms with Crippen molar-refractivity contribution in [3.63, 3.8) is 0 Å². The first-order chi connectivity index (χ1) is 12.0. The summed E-state index contributed by atoms with van der Waals surface area (Å²) in [6, 6.07) is 10.3. The summed E-state index contributed by atoms with van der Waals surface area (Å²) in [6.45, 7) is 5.49. The molecule has 128 valence electrons. The van der Waals surface area contributed by atoms with Crippen molar-refractivity contribution < 1.29 is 9.21 Å². The topological polar surface area (TPSA) is 89.5 Å². The van der Waals surface area contributed by atoms with Gasteiger partial charge in [-0.3, -0.25) is 9.59 Å². The molecule has 0 aliphatic rings. The Labute approximate surface area is 144 Å². The summed E-state index contributed by atoms with van der Waals surface area (Å²) >= 11 is 0. The van der Waals surface area contributed by atoms with Gasteiger partial charge in [0, 0.05) is 5.39 Å². The van der Waals surface area contributed by atoms with Gasteiger partial charge in [0.05, 0.1) is 17.6 Å². The molecule has 0 atom stereocenters. The Hall–Kier alpha value is -3.22. The van der Waals surface area contributed by atoms with Crippen LogP contribution in [0.1, 0.15) is 41.9 Å². The SMILES string of the molecule is Cc1ccc(/C=N\NC(=O)c2nn(C(C)C)c(=O)c3ccccc23)o1. The monoisotopic (exact) mass is 338 g/mol. The lowest BCUT2D eigenvalue weighted by Gasteiger charge is -2.12. The van der Waals surface area contributed by atoms with E-state index >= 15 is 0 Å². The maximum absolute atomic E-state index is 12.5. The van der Waals surface area contributed by atoms with Crippen molar-refractivity contribution in [3.05, 3.63) is 64.0 Å². The lowest BCUT2D eigenvalue weighted by Crippen LogP contribution is -2.30. The number of hydrazone groups is 1. The van der Waals surface area contributed by atoms with E-state index in [-0.39, 0.29) is 17.3 Å². The minimum absolute atomic E-state index is 0.150. The van der Waals surface area contributed by atoms with Crippen LogP contribution in [0.15, 0.2) is 50.7 Å². The maximum atomic E-state index is 12.5. The molecule has 1 amide bonds. The van der Waals surface area contributed by atoms with Crippen molar-refractivity contribution in [2.24, 2.45) is 5.10 Å². The molecule has 3 aromatic rings. The standard InChI is InChI=1S/C18H18N4O3/c1-11(2)22-18(24)15-7-5-4-6-14(15)16(21-22)17(23)20-19-10-13-9-8-12(3)25-13/h4-11H,1-3H3,(H,20,23)/b19-10-. The normalized spacial score (nSPS) is 11.5. The summed E-state index contributed by atoms with van der Waals surface area (Å²) in [7, 11) is 0. The van der Waals surface area contributed by atoms with Crippen molar-refractivity contribution in [1.82, 2.24) is 15.2 Å². The van der Waals surface area contributed by atoms with Crippen molar-refractivity contribution in [3.8, 4) is 0 Å². The molecule has 2 heterocycles. The third kappa shape index (κ3) is 3.35. The average molecular weight is 338 g/mol. The highest BCUT2D eigenvalue weighted by Crippen LogP contribution is 2.14. The molecule has 0 radical (unpaired) electrons. The Bertz CT molecular complexity index is 1010. The fourth-order valence-corrected chi connectivity index (χ4v) is 2.45. The first kappa shape index (κ1) is 16.6. The number of nitrogens with one attached hydrogen (secondary N) is 1. The first-order valence-electron chi connectivity index (χ1n) is 7.89. The molecule has 0 spiro atoms. The van der Waals surface area contributed by atoms with Gasteiger partial charge in [-0.25, -0.2) is 10.1 Å². The van der Waals surface area contributed by atoms with E-state index in [0.29, 0.717) is 16.5 Å². The van der Waals surface area contributed by atoms with E-state index < -0.39 is 5.91 Å². The molecule has 3 rings (SSSR count). The molecule has 0 aliphatic heterocycles. The molecule has 0 fully saturated rings. The highest BCUT2D eigenvalue weighted by atomic mass is 16.3. The Morgan fingerprint density at radius 1 is 1.24 bits per heavy atom. The molecule has 7 heteroatoms. The number of benzene rings is 1. The summed E-state index contributed by atoms with van der Waals surface area (Å²) in [6.07, 6.45) is 1.41. The Balaban J connectivity index is 1.96. The molecule has 25 heavy (non-hydrogen) atoms. The van der Waals surface area contributed by atoms with Crippen molar-refractivity contribution in [2.45, 2.75) is 26.8 Å². The van der Waals surface area contributed by atoms with Crippen LogP contribution in [0.5, 0.6) is 0 Å². The number of aryl methyl sites for hydroxylation is 1. The zero-order valence-electron chi connectivity index (χ0n) is 14.2. The van der Waals surface area contributed by atoms with E-state index in [1.807, 2.05) is 20.8 Å². The van der Waals surface area contributed by atoms with Crippen molar-refractivity contribution in [2.75, 3.05) is 0 Å². The zero-order chi connectivity index (χ0) is 18.0. The van der Waals surface area contributed by atoms with Crippen LogP contribution in [0.4, 0.5) is 0 Å². The molecule has 1 N–H and O–H groups in total. The van der Waals surface area contributed by atoms with Crippen LogP contribution >= 0.6 is 0 Å². The summed E-state index contributed by atoms with van der Waals surface area (Å²) in [4.78, 5) is 25.0. The summed E-state index contributed by atoms with van der Waals surface area (Å²) in [5, 5.41) is 9.05. The Morgan fingerprint density at radius 3 is 2.60 bits per heavy atom. The number of amides is 1. The van der Waals surface area contributed by atoms with Crippen LogP contribution in [-0.4, -0.2) is 21.9 Å². The molecule has 0 unspecified atom stereocenters. The van der Waals surface area contributed by atoms with Gasteiger partial charge in [0.2, 0.25) is 0 Å². The molecule has 2 aromatic heterocycles. The molecule has 0 aliphatic carbocycles. The number of fused-ring (bicyclic) bond motifs is 1. The average Bonchev–Trinajstić information content (AvgIpc) is 3.00. The Morgan fingerprint density at radius 2 is 1.96 bits per heavy atom. The van der Waals surface area contributed by atoms with Gasteiger partial charge in [0.25, 0.3) is 11.5 Å². The maximum Gasteiger partial charge on any atom is 0.292 e. The zero-order valence-corrected chi connectivity index (χ0v) is 14.2. The predicted octanol–water partition coefficient (Wildman–Crippen LogP) is 2.64. The minimum Gasteiger partial charge on any atom is -0.460 e. The van der Waals surface area contributed by atoms with Crippen molar-refractivity contribution in [1.29, 1.82) is 0 Å². The molecule has 0 saturated carbocycles. The van der Waals surface area contributed by atoms with E-state index in [1.54, 1.807) is 36.4 Å². The lowest BCUT2D eigenvalue weighted by molar-refractivity contribution is 0.0949. The number of carbonyl (C=O) groups excluding carboxylic acids is 1. The molecular formula is C18H18N4O3. The summed E-state index contributed by atoms with van der Waals surface area (Å²) in [5.74, 6) is 0.789. The van der Waals surface area contributed by atoms with E-state index in [4.69, 9.17) is 4.42 Å². The number of hydrogen-bond donors (Lipinski definition) is 1. The lowest BCUT2D eigenvalue weighted by atomic mass is 10.1. The van der Waals surface area contributed by atoms with Crippen LogP contribution in [0.3, 0.4) is 0 Å². The van der Waals surface area contributed by atoms with E-state index in [2.05, 4.69) is 15.6 Å². The van der Waals surface area contributed by atoms with E-state index in [9.17, 15) is 9.59 Å². The number of nitrogens with zero attached hydrogens (tertiary/aromatic N) is 3. The van der Waals surface area contributed by atoms with Crippen LogP contribution in [0.2, 0.25) is 0 Å². The summed E-state index contributed by atoms with van der Waals surface area (Å²) in [5.41, 5.74) is 2.35. The molecule has 0 saturated heterocycles. The minimum atomic E-state index is -0.495. The van der Waals surface area contributed by atoms with Crippen LogP contribution < -0.4 is 11.0 Å². The van der Waals surface area contributed by atoms with Gasteiger partial charge in [-0.1, -0.05) is 18.2 Å². The highest BCUT2D eigenvalue weighted by molar-refractivity contribution is 6.04. The predicted molar refractivity (Wildman–Crippen MR) is 94.9 cm³/mol. The molecule has 1 aromatic carbocycles. The van der Waals surface area contributed by atoms with Gasteiger partial charge < -0.3 is 4.42 Å². The highest BCUT2D eigenvalue weighted by Gasteiger charge is 2.17. The third-order valence-corrected chi connectivity index (χ3v) is 3.65. The van der Waals surface area contributed by atoms with Gasteiger partial charge in [0.1, 0.15) is 11.5 Å². The molecule has 7 nitrogen and oxygen atoms in total. The van der Waals surface area contributed by atoms with Gasteiger partial charge in [0.15, 0.2) is 5.69 Å². The molecule has 0 bridgehead atoms. The quantitative estimate of drug-likeness (QED) is 0.585. The van der Waals surface area contributed by atoms with Crippen molar-refractivity contribution >= 4 is 22.9 Å². The number of hydrogen-bond acceptors (Lipinski definition) is 5. The number of rotatable bonds is 4. The van der Waals surface area contributed by atoms with Crippen LogP contribution in [-0.2, 0) is 0 Å². The Kier molecular flexibility index (Phi) is 4.47. The third-order valence-electron chi connectivity index (χ3n) is 3.65. The fraction of sp³-hybridized carbons (Fsp3) is 0.222. The smallest absolute Gasteiger partial charge is 0.292 e. The van der Waals surface area contributed by atoms with Gasteiger partial charge in [-0.05, 0) is 39.0 Å². The van der Waals surface area contributed by atoms with E-state index in [1.165, 1.54) is 10.9 Å². The van der Waals surface area contributed by atoms with E-state index in [0.717, 1.165) is 5.76 Å². The molecular weight excluding hydrogens is 320 g/mol. The first-order valence-corrected chi connectivity index (χ1v) is 7.89. The van der Waals surface area contributed by atoms with Crippen LogP contribution in [0, 0.1) is 6.92 Å². The van der Waals surface area contributed by atoms with Gasteiger partial charge in [-0.15, -0.1) is 0 Å². The largest absolute Gasteiger partial charge is 0.460 e. The number of aromatic nitrogens is 2. The second kappa shape index (κ2) is 6.72. The van der Waals surface area contributed by atoms with Gasteiger partial charge >= 0.3 is 0 Å². The van der Waals surface area contributed by atoms with Crippen LogP contribution in [0.25, 0.3) is 10.8 Å². The second-order valence-electron chi connectivity index (χ2n) is 5.89.